The van der Waals surface area contributed by atoms with Crippen LogP contribution >= 0.6 is 0 Å². The largest absolute Gasteiger partial charge is 0.335 e. The van der Waals surface area contributed by atoms with Crippen molar-refractivity contribution in [3.05, 3.63) is 35.9 Å². The Morgan fingerprint density at radius 2 is 1.79 bits per heavy atom. The number of carbonyl (C=O) groups is 1. The summed E-state index contributed by atoms with van der Waals surface area (Å²) in [4.78, 5) is 16.9. The van der Waals surface area contributed by atoms with Gasteiger partial charge < -0.3 is 4.90 Å². The number of hydrogen-bond acceptors (Lipinski definition) is 4. The Morgan fingerprint density at radius 3 is 2.46 bits per heavy atom. The second-order valence-corrected chi connectivity index (χ2v) is 9.88. The number of hydrogen-bond donors (Lipinski definition) is 0. The molecule has 0 radical (unpaired) electrons. The van der Waals surface area contributed by atoms with Gasteiger partial charge in [0.15, 0.2) is 9.84 Å². The smallest absolute Gasteiger partial charge is 0.228 e. The zero-order chi connectivity index (χ0) is 16.9. The van der Waals surface area contributed by atoms with Gasteiger partial charge in [0.25, 0.3) is 0 Å². The molecular weight excluding hydrogens is 324 g/mol. The van der Waals surface area contributed by atoms with Gasteiger partial charge in [0.2, 0.25) is 5.91 Å². The summed E-state index contributed by atoms with van der Waals surface area (Å²) in [6, 6.07) is 9.88. The predicted octanol–water partition coefficient (Wildman–Crippen LogP) is 1.30. The molecule has 24 heavy (non-hydrogen) atoms. The van der Waals surface area contributed by atoms with E-state index in [4.69, 9.17) is 0 Å². The van der Waals surface area contributed by atoms with Crippen LogP contribution in [0, 0.1) is 5.41 Å². The van der Waals surface area contributed by atoms with Crippen LogP contribution in [0.5, 0.6) is 0 Å². The Bertz CT molecular complexity index is 743. The number of fused-ring (bicyclic) bond motifs is 1. The molecule has 1 amide bonds. The molecule has 5 nitrogen and oxygen atoms in total. The molecule has 0 N–H and O–H groups in total. The van der Waals surface area contributed by atoms with Crippen molar-refractivity contribution >= 4 is 15.7 Å². The second-order valence-electron chi connectivity index (χ2n) is 7.73. The van der Waals surface area contributed by atoms with E-state index in [9.17, 15) is 13.2 Å². The molecule has 0 spiro atoms. The Hall–Kier alpha value is -1.40. The van der Waals surface area contributed by atoms with E-state index in [2.05, 4.69) is 17.0 Å². The first-order valence-corrected chi connectivity index (χ1v) is 10.5. The standard InChI is InChI=1S/C18H24N2O3S/c1-18(7-8-18)17(21)20-10-9-19(11-14-5-3-2-4-6-14)15-12-24(22,23)13-16(15)20/h2-6,15-16H,7-13H2,1H3/t15-,16+/m1/s1. The van der Waals surface area contributed by atoms with Gasteiger partial charge >= 0.3 is 0 Å². The molecule has 1 aromatic carbocycles. The number of amides is 1. The molecule has 0 unspecified atom stereocenters. The summed E-state index contributed by atoms with van der Waals surface area (Å²) in [5.41, 5.74) is 0.952. The van der Waals surface area contributed by atoms with Gasteiger partial charge in [-0.25, -0.2) is 8.42 Å². The number of rotatable bonds is 3. The van der Waals surface area contributed by atoms with Crippen LogP contribution in [-0.2, 0) is 21.2 Å². The number of benzene rings is 1. The highest BCUT2D eigenvalue weighted by Crippen LogP contribution is 2.47. The molecule has 2 aliphatic heterocycles. The lowest BCUT2D eigenvalue weighted by molar-refractivity contribution is -0.142. The van der Waals surface area contributed by atoms with Crippen molar-refractivity contribution in [3.8, 4) is 0 Å². The van der Waals surface area contributed by atoms with Crippen molar-refractivity contribution in [2.45, 2.75) is 38.4 Å². The van der Waals surface area contributed by atoms with E-state index in [1.807, 2.05) is 30.0 Å². The molecule has 1 aromatic rings. The van der Waals surface area contributed by atoms with Crippen molar-refractivity contribution in [1.82, 2.24) is 9.80 Å². The Labute approximate surface area is 143 Å². The van der Waals surface area contributed by atoms with E-state index in [1.54, 1.807) is 0 Å². The molecule has 3 aliphatic rings. The van der Waals surface area contributed by atoms with Crippen LogP contribution in [0.25, 0.3) is 0 Å². The fourth-order valence-electron chi connectivity index (χ4n) is 4.04. The lowest BCUT2D eigenvalue weighted by atomic mass is 10.00. The van der Waals surface area contributed by atoms with Crippen LogP contribution in [0.3, 0.4) is 0 Å². The fraction of sp³-hybridized carbons (Fsp3) is 0.611. The van der Waals surface area contributed by atoms with E-state index in [0.717, 1.165) is 25.9 Å². The van der Waals surface area contributed by atoms with E-state index >= 15 is 0 Å². The highest BCUT2D eigenvalue weighted by Gasteiger charge is 2.53. The van der Waals surface area contributed by atoms with Crippen LogP contribution in [0.15, 0.2) is 30.3 Å². The quantitative estimate of drug-likeness (QED) is 0.826. The zero-order valence-corrected chi connectivity index (χ0v) is 14.8. The third kappa shape index (κ3) is 2.86. The summed E-state index contributed by atoms with van der Waals surface area (Å²) in [6.45, 7) is 4.13. The van der Waals surface area contributed by atoms with Gasteiger partial charge in [0.1, 0.15) is 0 Å². The maximum Gasteiger partial charge on any atom is 0.228 e. The average molecular weight is 348 g/mol. The van der Waals surface area contributed by atoms with Crippen molar-refractivity contribution in [2.24, 2.45) is 5.41 Å². The molecule has 0 bridgehead atoms. The SMILES string of the molecule is CC1(C(=O)N2CCN(Cc3ccccc3)[C@@H]3CS(=O)(=O)C[C@@H]32)CC1. The predicted molar refractivity (Wildman–Crippen MR) is 92.1 cm³/mol. The second kappa shape index (κ2) is 5.56. The van der Waals surface area contributed by atoms with E-state index in [0.29, 0.717) is 6.54 Å². The molecule has 6 heteroatoms. The molecule has 1 saturated carbocycles. The Balaban J connectivity index is 1.57. The maximum absolute atomic E-state index is 12.8. The zero-order valence-electron chi connectivity index (χ0n) is 14.0. The third-order valence-corrected chi connectivity index (χ3v) is 7.50. The molecule has 0 aromatic heterocycles. The van der Waals surface area contributed by atoms with E-state index < -0.39 is 9.84 Å². The van der Waals surface area contributed by atoms with Crippen LogP contribution in [0.2, 0.25) is 0 Å². The molecular formula is C18H24N2O3S. The van der Waals surface area contributed by atoms with Gasteiger partial charge in [0.05, 0.1) is 17.5 Å². The van der Waals surface area contributed by atoms with Crippen molar-refractivity contribution in [2.75, 3.05) is 24.6 Å². The van der Waals surface area contributed by atoms with Gasteiger partial charge in [-0.15, -0.1) is 0 Å². The highest BCUT2D eigenvalue weighted by atomic mass is 32.2. The minimum absolute atomic E-state index is 0.0738. The molecule has 130 valence electrons. The summed E-state index contributed by atoms with van der Waals surface area (Å²) in [5, 5.41) is 0. The lowest BCUT2D eigenvalue weighted by Gasteiger charge is -2.44. The highest BCUT2D eigenvalue weighted by molar-refractivity contribution is 7.91. The van der Waals surface area contributed by atoms with E-state index in [-0.39, 0.29) is 34.9 Å². The maximum atomic E-state index is 12.8. The topological polar surface area (TPSA) is 57.7 Å². The summed E-state index contributed by atoms with van der Waals surface area (Å²) >= 11 is 0. The van der Waals surface area contributed by atoms with Gasteiger partial charge in [-0.2, -0.15) is 0 Å². The first-order valence-electron chi connectivity index (χ1n) is 8.67. The summed E-state index contributed by atoms with van der Waals surface area (Å²) in [6.07, 6.45) is 1.86. The number of sulfone groups is 1. The van der Waals surface area contributed by atoms with Crippen molar-refractivity contribution in [1.29, 1.82) is 0 Å². The molecule has 2 saturated heterocycles. The summed E-state index contributed by atoms with van der Waals surface area (Å²) < 4.78 is 24.5. The molecule has 3 fully saturated rings. The Kier molecular flexibility index (Phi) is 3.73. The van der Waals surface area contributed by atoms with Crippen LogP contribution in [0.4, 0.5) is 0 Å². The monoisotopic (exact) mass is 348 g/mol. The Morgan fingerprint density at radius 1 is 1.12 bits per heavy atom. The minimum atomic E-state index is -3.08. The molecule has 1 aliphatic carbocycles. The van der Waals surface area contributed by atoms with Crippen molar-refractivity contribution < 1.29 is 13.2 Å². The van der Waals surface area contributed by atoms with Crippen molar-refractivity contribution in [3.63, 3.8) is 0 Å². The third-order valence-electron chi connectivity index (χ3n) is 5.80. The van der Waals surface area contributed by atoms with Gasteiger partial charge in [-0.05, 0) is 18.4 Å². The summed E-state index contributed by atoms with van der Waals surface area (Å²) in [5.74, 6) is 0.449. The van der Waals surface area contributed by atoms with Gasteiger partial charge in [-0.1, -0.05) is 37.3 Å². The van der Waals surface area contributed by atoms with Gasteiger partial charge in [0, 0.05) is 31.1 Å². The van der Waals surface area contributed by atoms with Crippen LogP contribution < -0.4 is 0 Å². The van der Waals surface area contributed by atoms with Crippen LogP contribution in [0.1, 0.15) is 25.3 Å². The van der Waals surface area contributed by atoms with E-state index in [1.165, 1.54) is 5.56 Å². The summed E-state index contributed by atoms with van der Waals surface area (Å²) in [7, 11) is -3.08. The molecule has 2 heterocycles. The first kappa shape index (κ1) is 16.1. The van der Waals surface area contributed by atoms with Crippen LogP contribution in [-0.4, -0.2) is 60.8 Å². The normalized spacial score (nSPS) is 30.8. The van der Waals surface area contributed by atoms with Gasteiger partial charge in [-0.3, -0.25) is 9.69 Å². The number of carbonyl (C=O) groups excluding carboxylic acids is 1. The fourth-order valence-corrected chi connectivity index (χ4v) is 6.05. The first-order chi connectivity index (χ1) is 11.4. The average Bonchev–Trinajstić information content (AvgIpc) is 3.20. The molecule has 2 atom stereocenters. The minimum Gasteiger partial charge on any atom is -0.335 e. The number of nitrogens with zero attached hydrogens (tertiary/aromatic N) is 2. The lowest BCUT2D eigenvalue weighted by Crippen LogP contribution is -2.61. The molecule has 4 rings (SSSR count). The number of piperazine rings is 1.